The van der Waals surface area contributed by atoms with Crippen LogP contribution in [0.1, 0.15) is 26.7 Å². The highest BCUT2D eigenvalue weighted by atomic mass is 35.5. The molecule has 2 N–H and O–H groups in total. The van der Waals surface area contributed by atoms with Crippen molar-refractivity contribution in [3.05, 3.63) is 23.2 Å². The van der Waals surface area contributed by atoms with E-state index in [4.69, 9.17) is 17.3 Å². The van der Waals surface area contributed by atoms with Crippen LogP contribution < -0.4 is 10.6 Å². The second kappa shape index (κ2) is 4.54. The van der Waals surface area contributed by atoms with Gasteiger partial charge in [0.05, 0.1) is 11.4 Å². The molecule has 0 unspecified atom stereocenters. The monoisotopic (exact) mass is 238 g/mol. The van der Waals surface area contributed by atoms with Crippen LogP contribution >= 0.6 is 11.6 Å². The molecular formula is C13H19ClN2. The highest BCUT2D eigenvalue weighted by Crippen LogP contribution is 2.36. The number of hydrogen-bond donors (Lipinski definition) is 1. The summed E-state index contributed by atoms with van der Waals surface area (Å²) in [5, 5.41) is 0.710. The van der Waals surface area contributed by atoms with Crippen LogP contribution in [0, 0.1) is 5.92 Å². The lowest BCUT2D eigenvalue weighted by Gasteiger charge is -2.28. The normalized spacial score (nSPS) is 15.5. The van der Waals surface area contributed by atoms with Crippen LogP contribution in [0.3, 0.4) is 0 Å². The van der Waals surface area contributed by atoms with E-state index in [9.17, 15) is 0 Å². The first-order valence-corrected chi connectivity index (χ1v) is 6.27. The fourth-order valence-corrected chi connectivity index (χ4v) is 2.19. The average molecular weight is 239 g/mol. The van der Waals surface area contributed by atoms with Crippen LogP contribution in [-0.4, -0.2) is 12.6 Å². The highest BCUT2D eigenvalue weighted by molar-refractivity contribution is 6.31. The van der Waals surface area contributed by atoms with Crippen molar-refractivity contribution in [2.24, 2.45) is 5.92 Å². The van der Waals surface area contributed by atoms with Gasteiger partial charge in [-0.25, -0.2) is 0 Å². The summed E-state index contributed by atoms with van der Waals surface area (Å²) in [6.07, 6.45) is 2.57. The summed E-state index contributed by atoms with van der Waals surface area (Å²) >= 11 is 5.92. The van der Waals surface area contributed by atoms with Crippen LogP contribution in [0.5, 0.6) is 0 Å². The standard InChI is InChI=1S/C13H19ClN2/c1-9(2)8-16(11-4-5-11)13-6-3-10(14)7-12(13)15/h3,6-7,9,11H,4-5,8,15H2,1-2H3. The molecule has 0 atom stereocenters. The minimum atomic E-state index is 0.649. The molecule has 1 aromatic carbocycles. The van der Waals surface area contributed by atoms with Gasteiger partial charge in [-0.05, 0) is 37.0 Å². The van der Waals surface area contributed by atoms with Crippen molar-refractivity contribution in [3.63, 3.8) is 0 Å². The Morgan fingerprint density at radius 3 is 2.62 bits per heavy atom. The van der Waals surface area contributed by atoms with E-state index < -0.39 is 0 Å². The number of benzene rings is 1. The Labute approximate surface area is 102 Å². The first-order chi connectivity index (χ1) is 7.58. The Hall–Kier alpha value is -0.890. The molecule has 0 bridgehead atoms. The molecular weight excluding hydrogens is 220 g/mol. The largest absolute Gasteiger partial charge is 0.397 e. The molecule has 0 heterocycles. The lowest BCUT2D eigenvalue weighted by Crippen LogP contribution is -2.30. The molecule has 0 aromatic heterocycles. The van der Waals surface area contributed by atoms with Crippen molar-refractivity contribution >= 4 is 23.0 Å². The second-order valence-corrected chi connectivity index (χ2v) is 5.42. The van der Waals surface area contributed by atoms with Crippen molar-refractivity contribution < 1.29 is 0 Å². The van der Waals surface area contributed by atoms with E-state index in [0.29, 0.717) is 17.0 Å². The van der Waals surface area contributed by atoms with E-state index in [2.05, 4.69) is 18.7 Å². The molecule has 16 heavy (non-hydrogen) atoms. The van der Waals surface area contributed by atoms with Crippen LogP contribution in [0.2, 0.25) is 5.02 Å². The van der Waals surface area contributed by atoms with Crippen molar-refractivity contribution in [2.45, 2.75) is 32.7 Å². The third kappa shape index (κ3) is 2.62. The van der Waals surface area contributed by atoms with Crippen molar-refractivity contribution in [3.8, 4) is 0 Å². The summed E-state index contributed by atoms with van der Waals surface area (Å²) in [7, 11) is 0. The van der Waals surface area contributed by atoms with E-state index >= 15 is 0 Å². The van der Waals surface area contributed by atoms with Gasteiger partial charge < -0.3 is 10.6 Å². The Balaban J connectivity index is 2.24. The first kappa shape index (κ1) is 11.6. The Kier molecular flexibility index (Phi) is 3.29. The Bertz CT molecular complexity index is 372. The van der Waals surface area contributed by atoms with Gasteiger partial charge in [-0.15, -0.1) is 0 Å². The molecule has 1 aliphatic carbocycles. The molecule has 0 spiro atoms. The Morgan fingerprint density at radius 1 is 1.44 bits per heavy atom. The maximum absolute atomic E-state index is 6.04. The van der Waals surface area contributed by atoms with Gasteiger partial charge in [0.2, 0.25) is 0 Å². The summed E-state index contributed by atoms with van der Waals surface area (Å²) in [5.41, 5.74) is 7.97. The lowest BCUT2D eigenvalue weighted by atomic mass is 10.1. The number of nitrogens with zero attached hydrogens (tertiary/aromatic N) is 1. The molecule has 1 saturated carbocycles. The first-order valence-electron chi connectivity index (χ1n) is 5.89. The second-order valence-electron chi connectivity index (χ2n) is 4.98. The molecule has 0 aliphatic heterocycles. The number of anilines is 2. The van der Waals surface area contributed by atoms with Gasteiger partial charge >= 0.3 is 0 Å². The minimum Gasteiger partial charge on any atom is -0.397 e. The van der Waals surface area contributed by atoms with Crippen molar-refractivity contribution in [1.29, 1.82) is 0 Å². The van der Waals surface area contributed by atoms with Gasteiger partial charge in [-0.1, -0.05) is 25.4 Å². The van der Waals surface area contributed by atoms with Crippen LogP contribution in [0.25, 0.3) is 0 Å². The highest BCUT2D eigenvalue weighted by Gasteiger charge is 2.30. The number of halogens is 1. The van der Waals surface area contributed by atoms with E-state index in [1.807, 2.05) is 18.2 Å². The smallest absolute Gasteiger partial charge is 0.0603 e. The van der Waals surface area contributed by atoms with Crippen molar-refractivity contribution in [1.82, 2.24) is 0 Å². The van der Waals surface area contributed by atoms with Gasteiger partial charge in [0, 0.05) is 17.6 Å². The minimum absolute atomic E-state index is 0.649. The van der Waals surface area contributed by atoms with Gasteiger partial charge in [-0.3, -0.25) is 0 Å². The molecule has 88 valence electrons. The van der Waals surface area contributed by atoms with E-state index in [1.165, 1.54) is 12.8 Å². The van der Waals surface area contributed by atoms with Gasteiger partial charge in [-0.2, -0.15) is 0 Å². The quantitative estimate of drug-likeness (QED) is 0.813. The zero-order chi connectivity index (χ0) is 11.7. The predicted octanol–water partition coefficient (Wildman–Crippen LogP) is 3.55. The van der Waals surface area contributed by atoms with E-state index in [-0.39, 0.29) is 0 Å². The fraction of sp³-hybridized carbons (Fsp3) is 0.538. The molecule has 2 rings (SSSR count). The summed E-state index contributed by atoms with van der Waals surface area (Å²) < 4.78 is 0. The summed E-state index contributed by atoms with van der Waals surface area (Å²) in [6.45, 7) is 5.54. The Morgan fingerprint density at radius 2 is 2.12 bits per heavy atom. The van der Waals surface area contributed by atoms with Gasteiger partial charge in [0.25, 0.3) is 0 Å². The number of hydrogen-bond acceptors (Lipinski definition) is 2. The SMILES string of the molecule is CC(C)CN(c1ccc(Cl)cc1N)C1CC1. The predicted molar refractivity (Wildman–Crippen MR) is 71.1 cm³/mol. The summed E-state index contributed by atoms with van der Waals surface area (Å²) in [6, 6.07) is 6.49. The van der Waals surface area contributed by atoms with Gasteiger partial charge in [0.15, 0.2) is 0 Å². The zero-order valence-electron chi connectivity index (χ0n) is 9.91. The molecule has 0 saturated heterocycles. The maximum atomic E-state index is 6.04. The fourth-order valence-electron chi connectivity index (χ4n) is 2.01. The van der Waals surface area contributed by atoms with Gasteiger partial charge in [0.1, 0.15) is 0 Å². The third-order valence-corrected chi connectivity index (χ3v) is 3.08. The molecule has 1 aromatic rings. The zero-order valence-corrected chi connectivity index (χ0v) is 10.7. The summed E-state index contributed by atoms with van der Waals surface area (Å²) in [5.74, 6) is 0.649. The third-order valence-electron chi connectivity index (χ3n) is 2.85. The molecule has 2 nitrogen and oxygen atoms in total. The number of nitrogens with two attached hydrogens (primary N) is 1. The number of rotatable bonds is 4. The van der Waals surface area contributed by atoms with Crippen LogP contribution in [0.4, 0.5) is 11.4 Å². The van der Waals surface area contributed by atoms with E-state index in [0.717, 1.165) is 17.9 Å². The molecule has 0 radical (unpaired) electrons. The van der Waals surface area contributed by atoms with Crippen molar-refractivity contribution in [2.75, 3.05) is 17.2 Å². The number of nitrogen functional groups attached to an aromatic ring is 1. The molecule has 0 amide bonds. The molecule has 1 aliphatic rings. The average Bonchev–Trinajstić information content (AvgIpc) is 2.97. The summed E-state index contributed by atoms with van der Waals surface area (Å²) in [4.78, 5) is 2.43. The van der Waals surface area contributed by atoms with E-state index in [1.54, 1.807) is 0 Å². The topological polar surface area (TPSA) is 29.3 Å². The van der Waals surface area contributed by atoms with Crippen LogP contribution in [-0.2, 0) is 0 Å². The maximum Gasteiger partial charge on any atom is 0.0603 e. The lowest BCUT2D eigenvalue weighted by molar-refractivity contribution is 0.608. The molecule has 3 heteroatoms. The molecule has 1 fully saturated rings. The van der Waals surface area contributed by atoms with Crippen LogP contribution in [0.15, 0.2) is 18.2 Å².